The van der Waals surface area contributed by atoms with Crippen molar-refractivity contribution in [1.82, 2.24) is 10.3 Å². The summed E-state index contributed by atoms with van der Waals surface area (Å²) in [6, 6.07) is 10.6. The number of aromatic nitrogens is 1. The Bertz CT molecular complexity index is 576. The maximum absolute atomic E-state index is 5.03. The molecule has 2 nitrogen and oxygen atoms in total. The fourth-order valence-corrected chi connectivity index (χ4v) is 4.56. The van der Waals surface area contributed by atoms with E-state index in [9.17, 15) is 0 Å². The number of hydrogen-bond acceptors (Lipinski definition) is 3. The zero-order valence-corrected chi connectivity index (χ0v) is 13.7. The summed E-state index contributed by atoms with van der Waals surface area (Å²) < 4.78 is 0. The van der Waals surface area contributed by atoms with Crippen LogP contribution in [0.25, 0.3) is 11.3 Å². The van der Waals surface area contributed by atoms with E-state index in [-0.39, 0.29) is 0 Å². The summed E-state index contributed by atoms with van der Waals surface area (Å²) in [5.41, 5.74) is 2.43. The normalized spacial score (nSPS) is 21.8. The molecule has 112 valence electrons. The summed E-state index contributed by atoms with van der Waals surface area (Å²) in [5, 5.41) is 4.64. The average Bonchev–Trinajstić information content (AvgIpc) is 3.15. The van der Waals surface area contributed by atoms with Crippen LogP contribution in [0.4, 0.5) is 0 Å². The van der Waals surface area contributed by atoms with Gasteiger partial charge in [-0.25, -0.2) is 4.98 Å². The summed E-state index contributed by atoms with van der Waals surface area (Å²) in [7, 11) is 2.01. The minimum atomic E-state index is 0.688. The molecule has 0 saturated heterocycles. The van der Waals surface area contributed by atoms with Gasteiger partial charge in [0.05, 0.1) is 10.7 Å². The molecule has 0 aliphatic heterocycles. The summed E-state index contributed by atoms with van der Waals surface area (Å²) in [6.07, 6.45) is 5.34. The Morgan fingerprint density at radius 3 is 2.71 bits per heavy atom. The van der Waals surface area contributed by atoms with Crippen molar-refractivity contribution in [2.45, 2.75) is 45.1 Å². The lowest BCUT2D eigenvalue weighted by Gasteiger charge is -2.06. The van der Waals surface area contributed by atoms with E-state index in [1.165, 1.54) is 46.8 Å². The van der Waals surface area contributed by atoms with Crippen LogP contribution in [0, 0.1) is 5.92 Å². The summed E-state index contributed by atoms with van der Waals surface area (Å²) >= 11 is 1.92. The third-order valence-electron chi connectivity index (χ3n) is 4.57. The Morgan fingerprint density at radius 2 is 2.05 bits per heavy atom. The highest BCUT2D eigenvalue weighted by atomic mass is 32.1. The maximum Gasteiger partial charge on any atom is 0.0966 e. The zero-order valence-electron chi connectivity index (χ0n) is 12.9. The molecule has 1 aliphatic carbocycles. The van der Waals surface area contributed by atoms with E-state index in [4.69, 9.17) is 4.98 Å². The molecular weight excluding hydrogens is 276 g/mol. The van der Waals surface area contributed by atoms with Gasteiger partial charge in [0.1, 0.15) is 0 Å². The number of nitrogens with zero attached hydrogens (tertiary/aromatic N) is 1. The zero-order chi connectivity index (χ0) is 14.7. The van der Waals surface area contributed by atoms with E-state index < -0.39 is 0 Å². The Kier molecular flexibility index (Phi) is 4.71. The van der Waals surface area contributed by atoms with Crippen molar-refractivity contribution in [1.29, 1.82) is 0 Å². The standard InChI is InChI=1S/C18H24N2S/c1-3-13-9-10-15(11-13)18-20-17(16(21-18)12-19-2)14-7-5-4-6-8-14/h4-8,13,15,19H,3,9-12H2,1-2H3. The molecule has 0 spiro atoms. The summed E-state index contributed by atoms with van der Waals surface area (Å²) in [6.45, 7) is 3.22. The number of rotatable bonds is 5. The van der Waals surface area contributed by atoms with Gasteiger partial charge in [-0.3, -0.25) is 0 Å². The molecule has 0 amide bonds. The largest absolute Gasteiger partial charge is 0.315 e. The highest BCUT2D eigenvalue weighted by Gasteiger charge is 2.28. The quantitative estimate of drug-likeness (QED) is 0.856. The molecule has 1 fully saturated rings. The van der Waals surface area contributed by atoms with Gasteiger partial charge in [-0.1, -0.05) is 43.7 Å². The first kappa shape index (κ1) is 14.7. The van der Waals surface area contributed by atoms with Gasteiger partial charge in [-0.2, -0.15) is 0 Å². The van der Waals surface area contributed by atoms with Gasteiger partial charge in [-0.05, 0) is 32.2 Å². The molecule has 1 saturated carbocycles. The van der Waals surface area contributed by atoms with Gasteiger partial charge in [-0.15, -0.1) is 11.3 Å². The van der Waals surface area contributed by atoms with Gasteiger partial charge in [0.2, 0.25) is 0 Å². The van der Waals surface area contributed by atoms with Gasteiger partial charge in [0.25, 0.3) is 0 Å². The minimum Gasteiger partial charge on any atom is -0.315 e. The van der Waals surface area contributed by atoms with E-state index in [2.05, 4.69) is 42.6 Å². The molecule has 2 aromatic rings. The number of hydrogen-bond donors (Lipinski definition) is 1. The second-order valence-corrected chi connectivity index (χ2v) is 7.12. The topological polar surface area (TPSA) is 24.9 Å². The van der Waals surface area contributed by atoms with E-state index in [1.54, 1.807) is 0 Å². The van der Waals surface area contributed by atoms with E-state index >= 15 is 0 Å². The third kappa shape index (κ3) is 3.19. The second-order valence-electron chi connectivity index (χ2n) is 6.00. The average molecular weight is 300 g/mol. The van der Waals surface area contributed by atoms with Crippen LogP contribution >= 0.6 is 11.3 Å². The predicted molar refractivity (Wildman–Crippen MR) is 90.7 cm³/mol. The molecule has 3 rings (SSSR count). The Labute approximate surface area is 131 Å². The Hall–Kier alpha value is -1.19. The fourth-order valence-electron chi connectivity index (χ4n) is 3.32. The summed E-state index contributed by atoms with van der Waals surface area (Å²) in [4.78, 5) is 6.40. The lowest BCUT2D eigenvalue weighted by atomic mass is 10.0. The molecule has 1 N–H and O–H groups in total. The lowest BCUT2D eigenvalue weighted by molar-refractivity contribution is 0.521. The van der Waals surface area contributed by atoms with Crippen LogP contribution in [0.1, 0.15) is 48.4 Å². The van der Waals surface area contributed by atoms with Gasteiger partial charge in [0.15, 0.2) is 0 Å². The third-order valence-corrected chi connectivity index (χ3v) is 5.78. The molecule has 1 aromatic heterocycles. The smallest absolute Gasteiger partial charge is 0.0966 e. The van der Waals surface area contributed by atoms with E-state index in [0.717, 1.165) is 12.5 Å². The van der Waals surface area contributed by atoms with Crippen molar-refractivity contribution in [2.75, 3.05) is 7.05 Å². The molecule has 2 unspecified atom stereocenters. The SMILES string of the molecule is CCC1CCC(c2nc(-c3ccccc3)c(CNC)s2)C1. The minimum absolute atomic E-state index is 0.688. The Morgan fingerprint density at radius 1 is 1.24 bits per heavy atom. The highest BCUT2D eigenvalue weighted by molar-refractivity contribution is 7.12. The highest BCUT2D eigenvalue weighted by Crippen LogP contribution is 2.42. The first-order valence-electron chi connectivity index (χ1n) is 8.01. The van der Waals surface area contributed by atoms with Crippen LogP contribution in [-0.4, -0.2) is 12.0 Å². The molecule has 1 aromatic carbocycles. The molecule has 0 bridgehead atoms. The molecular formula is C18H24N2S. The van der Waals surface area contributed by atoms with Crippen LogP contribution in [-0.2, 0) is 6.54 Å². The number of benzene rings is 1. The summed E-state index contributed by atoms with van der Waals surface area (Å²) in [5.74, 6) is 1.60. The van der Waals surface area contributed by atoms with Crippen LogP contribution in [0.5, 0.6) is 0 Å². The molecule has 1 heterocycles. The van der Waals surface area contributed by atoms with Crippen molar-refractivity contribution in [3.63, 3.8) is 0 Å². The monoisotopic (exact) mass is 300 g/mol. The molecule has 0 radical (unpaired) electrons. The van der Waals surface area contributed by atoms with Crippen LogP contribution in [0.2, 0.25) is 0 Å². The van der Waals surface area contributed by atoms with Crippen molar-refractivity contribution in [2.24, 2.45) is 5.92 Å². The van der Waals surface area contributed by atoms with Crippen molar-refractivity contribution < 1.29 is 0 Å². The van der Waals surface area contributed by atoms with Crippen molar-refractivity contribution in [3.05, 3.63) is 40.2 Å². The van der Waals surface area contributed by atoms with Crippen LogP contribution < -0.4 is 5.32 Å². The first-order valence-corrected chi connectivity index (χ1v) is 8.83. The molecule has 1 aliphatic rings. The van der Waals surface area contributed by atoms with Crippen LogP contribution in [0.3, 0.4) is 0 Å². The lowest BCUT2D eigenvalue weighted by Crippen LogP contribution is -2.04. The van der Waals surface area contributed by atoms with E-state index in [0.29, 0.717) is 5.92 Å². The molecule has 21 heavy (non-hydrogen) atoms. The first-order chi connectivity index (χ1) is 10.3. The van der Waals surface area contributed by atoms with Crippen molar-refractivity contribution in [3.8, 4) is 11.3 Å². The van der Waals surface area contributed by atoms with Gasteiger partial charge in [0, 0.05) is 22.9 Å². The predicted octanol–water partition coefficient (Wildman–Crippen LogP) is 4.82. The Balaban J connectivity index is 1.90. The fraction of sp³-hybridized carbons (Fsp3) is 0.500. The molecule has 3 heteroatoms. The van der Waals surface area contributed by atoms with Crippen LogP contribution in [0.15, 0.2) is 30.3 Å². The molecule has 2 atom stereocenters. The van der Waals surface area contributed by atoms with E-state index in [1.807, 2.05) is 18.4 Å². The van der Waals surface area contributed by atoms with Crippen molar-refractivity contribution >= 4 is 11.3 Å². The van der Waals surface area contributed by atoms with Gasteiger partial charge < -0.3 is 5.32 Å². The number of nitrogens with one attached hydrogen (secondary N) is 1. The number of thiazole rings is 1. The maximum atomic E-state index is 5.03. The second kappa shape index (κ2) is 6.71. The van der Waals surface area contributed by atoms with Gasteiger partial charge >= 0.3 is 0 Å².